The van der Waals surface area contributed by atoms with Gasteiger partial charge >= 0.3 is 0 Å². The van der Waals surface area contributed by atoms with Gasteiger partial charge in [0.05, 0.1) is 0 Å². The van der Waals surface area contributed by atoms with Gasteiger partial charge in [-0.1, -0.05) is 31.5 Å². The zero-order chi connectivity index (χ0) is 14.0. The van der Waals surface area contributed by atoms with Crippen molar-refractivity contribution in [3.8, 4) is 0 Å². The molecule has 1 aliphatic rings. The Bertz CT molecular complexity index is 634. The molecule has 1 aromatic heterocycles. The van der Waals surface area contributed by atoms with E-state index in [0.717, 1.165) is 17.5 Å². The highest BCUT2D eigenvalue weighted by atomic mass is 32.1. The molecule has 0 bridgehead atoms. The van der Waals surface area contributed by atoms with Gasteiger partial charge in [-0.15, -0.1) is 0 Å². The normalized spacial score (nSPS) is 21.6. The van der Waals surface area contributed by atoms with Gasteiger partial charge in [0, 0.05) is 17.5 Å². The van der Waals surface area contributed by atoms with Crippen molar-refractivity contribution in [3.63, 3.8) is 0 Å². The van der Waals surface area contributed by atoms with Crippen molar-refractivity contribution >= 4 is 23.1 Å². The lowest BCUT2D eigenvalue weighted by Gasteiger charge is -2.25. The molecular weight excluding hydrogens is 270 g/mol. The molecule has 0 N–H and O–H groups in total. The summed E-state index contributed by atoms with van der Waals surface area (Å²) in [4.78, 5) is 16.6. The summed E-state index contributed by atoms with van der Waals surface area (Å²) < 4.78 is 6.04. The maximum absolute atomic E-state index is 12.5. The zero-order valence-corrected chi connectivity index (χ0v) is 12.0. The Hall–Kier alpha value is -1.94. The van der Waals surface area contributed by atoms with E-state index in [0.29, 0.717) is 12.3 Å². The predicted molar refractivity (Wildman–Crippen MR) is 80.0 cm³/mol. The lowest BCUT2D eigenvalue weighted by molar-refractivity contribution is -0.132. The molecule has 2 heterocycles. The molecule has 20 heavy (non-hydrogen) atoms. The molecular formula is C16H15NO2S. The second-order valence-electron chi connectivity index (χ2n) is 4.78. The number of carbonyl (C=O) groups excluding carboxylic acids is 1. The molecule has 1 aliphatic heterocycles. The lowest BCUT2D eigenvalue weighted by Crippen LogP contribution is -2.34. The van der Waals surface area contributed by atoms with Crippen molar-refractivity contribution in [1.82, 2.24) is 0 Å². The van der Waals surface area contributed by atoms with E-state index in [1.807, 2.05) is 54.1 Å². The van der Waals surface area contributed by atoms with Crippen LogP contribution in [-0.2, 0) is 15.1 Å². The number of amides is 1. The summed E-state index contributed by atoms with van der Waals surface area (Å²) in [6.07, 6.45) is 1.50. The van der Waals surface area contributed by atoms with Gasteiger partial charge in [-0.3, -0.25) is 4.79 Å². The van der Waals surface area contributed by atoms with Crippen LogP contribution in [0.15, 0.2) is 52.2 Å². The fourth-order valence-corrected chi connectivity index (χ4v) is 3.17. The maximum Gasteiger partial charge on any atom is 0.297 e. The Balaban J connectivity index is 1.99. The Morgan fingerprint density at radius 1 is 1.25 bits per heavy atom. The second-order valence-corrected chi connectivity index (χ2v) is 5.56. The summed E-state index contributed by atoms with van der Waals surface area (Å²) in [6.45, 7) is 2.05. The standard InChI is InChI=1S/C16H15NO2S/c1-2-9-16(13-8-10-20-11-13)15(18)17-14(19-16)12-6-4-3-5-7-12/h3-8,10-11H,2,9H2,1H3/t16-/m1/s1. The third kappa shape index (κ3) is 2.06. The molecule has 1 atom stereocenters. The zero-order valence-electron chi connectivity index (χ0n) is 11.2. The first-order chi connectivity index (χ1) is 9.76. The number of rotatable bonds is 4. The number of nitrogens with zero attached hydrogens (tertiary/aromatic N) is 1. The Labute approximate surface area is 121 Å². The molecule has 0 saturated heterocycles. The van der Waals surface area contributed by atoms with Crippen molar-refractivity contribution < 1.29 is 9.53 Å². The molecule has 0 aliphatic carbocycles. The number of hydrogen-bond donors (Lipinski definition) is 0. The van der Waals surface area contributed by atoms with E-state index in [-0.39, 0.29) is 5.91 Å². The van der Waals surface area contributed by atoms with E-state index >= 15 is 0 Å². The van der Waals surface area contributed by atoms with Crippen LogP contribution in [0.4, 0.5) is 0 Å². The summed E-state index contributed by atoms with van der Waals surface area (Å²) in [6, 6.07) is 11.5. The number of ether oxygens (including phenoxy) is 1. The van der Waals surface area contributed by atoms with E-state index in [1.54, 1.807) is 11.3 Å². The monoisotopic (exact) mass is 285 g/mol. The second kappa shape index (κ2) is 5.21. The van der Waals surface area contributed by atoms with Gasteiger partial charge in [0.2, 0.25) is 11.5 Å². The summed E-state index contributed by atoms with van der Waals surface area (Å²) in [5.74, 6) is 0.229. The van der Waals surface area contributed by atoms with Gasteiger partial charge < -0.3 is 4.74 Å². The first-order valence-corrected chi connectivity index (χ1v) is 7.61. The predicted octanol–water partition coefficient (Wildman–Crippen LogP) is 3.75. The summed E-state index contributed by atoms with van der Waals surface area (Å²) >= 11 is 1.57. The highest BCUT2D eigenvalue weighted by Gasteiger charge is 2.47. The van der Waals surface area contributed by atoms with Crippen LogP contribution in [0.25, 0.3) is 0 Å². The van der Waals surface area contributed by atoms with Crippen molar-refractivity contribution in [1.29, 1.82) is 0 Å². The maximum atomic E-state index is 12.5. The molecule has 3 rings (SSSR count). The van der Waals surface area contributed by atoms with Crippen LogP contribution in [0.3, 0.4) is 0 Å². The van der Waals surface area contributed by atoms with E-state index in [1.165, 1.54) is 0 Å². The molecule has 0 fully saturated rings. The topological polar surface area (TPSA) is 38.7 Å². The van der Waals surface area contributed by atoms with Gasteiger partial charge in [0.1, 0.15) is 0 Å². The number of hydrogen-bond acceptors (Lipinski definition) is 3. The van der Waals surface area contributed by atoms with Gasteiger partial charge in [-0.2, -0.15) is 16.3 Å². The van der Waals surface area contributed by atoms with Crippen molar-refractivity contribution in [3.05, 3.63) is 58.3 Å². The molecule has 102 valence electrons. The summed E-state index contributed by atoms with van der Waals surface area (Å²) in [5.41, 5.74) is 0.818. The molecule has 3 nitrogen and oxygen atoms in total. The van der Waals surface area contributed by atoms with Crippen LogP contribution >= 0.6 is 11.3 Å². The van der Waals surface area contributed by atoms with Crippen LogP contribution in [0, 0.1) is 0 Å². The minimum atomic E-state index is -0.931. The molecule has 0 radical (unpaired) electrons. The third-order valence-electron chi connectivity index (χ3n) is 3.43. The van der Waals surface area contributed by atoms with E-state index in [2.05, 4.69) is 4.99 Å². The van der Waals surface area contributed by atoms with Crippen LogP contribution in [0.5, 0.6) is 0 Å². The van der Waals surface area contributed by atoms with E-state index < -0.39 is 5.60 Å². The number of carbonyl (C=O) groups is 1. The molecule has 4 heteroatoms. The third-order valence-corrected chi connectivity index (χ3v) is 4.11. The Morgan fingerprint density at radius 2 is 2.05 bits per heavy atom. The van der Waals surface area contributed by atoms with E-state index in [9.17, 15) is 4.79 Å². The van der Waals surface area contributed by atoms with Gasteiger partial charge in [0.25, 0.3) is 5.91 Å². The summed E-state index contributed by atoms with van der Waals surface area (Å²) in [5, 5.41) is 3.93. The smallest absolute Gasteiger partial charge is 0.297 e. The van der Waals surface area contributed by atoms with Crippen molar-refractivity contribution in [2.45, 2.75) is 25.4 Å². The van der Waals surface area contributed by atoms with Gasteiger partial charge in [0.15, 0.2) is 0 Å². The van der Waals surface area contributed by atoms with E-state index in [4.69, 9.17) is 4.74 Å². The number of benzene rings is 1. The SMILES string of the molecule is CCC[C@]1(c2ccsc2)OC(c2ccccc2)=NC1=O. The molecule has 1 aromatic carbocycles. The Morgan fingerprint density at radius 3 is 2.70 bits per heavy atom. The summed E-state index contributed by atoms with van der Waals surface area (Å²) in [7, 11) is 0. The average molecular weight is 285 g/mol. The van der Waals surface area contributed by atoms with Crippen LogP contribution in [0.1, 0.15) is 30.9 Å². The minimum absolute atomic E-state index is 0.198. The number of aliphatic imine (C=N–C) groups is 1. The largest absolute Gasteiger partial charge is 0.455 e. The first-order valence-electron chi connectivity index (χ1n) is 6.66. The fraction of sp³-hybridized carbons (Fsp3) is 0.250. The lowest BCUT2D eigenvalue weighted by atomic mass is 9.91. The van der Waals surface area contributed by atoms with Crippen LogP contribution in [-0.4, -0.2) is 11.8 Å². The van der Waals surface area contributed by atoms with Crippen LogP contribution < -0.4 is 0 Å². The average Bonchev–Trinajstić information content (AvgIpc) is 3.10. The highest BCUT2D eigenvalue weighted by molar-refractivity contribution is 7.08. The van der Waals surface area contributed by atoms with Gasteiger partial charge in [-0.25, -0.2) is 0 Å². The van der Waals surface area contributed by atoms with Crippen LogP contribution in [0.2, 0.25) is 0 Å². The quantitative estimate of drug-likeness (QED) is 0.858. The Kier molecular flexibility index (Phi) is 3.40. The number of thiophene rings is 1. The molecule has 0 spiro atoms. The van der Waals surface area contributed by atoms with Gasteiger partial charge in [-0.05, 0) is 29.0 Å². The first kappa shape index (κ1) is 13.1. The fourth-order valence-electron chi connectivity index (χ4n) is 2.45. The molecule has 0 unspecified atom stereocenters. The molecule has 1 amide bonds. The molecule has 0 saturated carbocycles. The minimum Gasteiger partial charge on any atom is -0.455 e. The molecule has 2 aromatic rings. The van der Waals surface area contributed by atoms with Crippen molar-refractivity contribution in [2.24, 2.45) is 4.99 Å². The highest BCUT2D eigenvalue weighted by Crippen LogP contribution is 2.38. The van der Waals surface area contributed by atoms with Crippen molar-refractivity contribution in [2.75, 3.05) is 0 Å².